The first kappa shape index (κ1) is 16.6. The van der Waals surface area contributed by atoms with Gasteiger partial charge in [-0.3, -0.25) is 4.79 Å². The Morgan fingerprint density at radius 2 is 2.09 bits per heavy atom. The van der Waals surface area contributed by atoms with E-state index in [-0.39, 0.29) is 18.6 Å². The molecular formula is C17H18N2O4. The fourth-order valence-electron chi connectivity index (χ4n) is 1.77. The predicted molar refractivity (Wildman–Crippen MR) is 83.3 cm³/mol. The number of nitrogens with one attached hydrogen (secondary N) is 1. The second-order valence-corrected chi connectivity index (χ2v) is 5.21. The van der Waals surface area contributed by atoms with Gasteiger partial charge in [0.05, 0.1) is 0 Å². The molecule has 6 heteroatoms. The number of esters is 1. The number of carbonyl (C=O) groups is 2. The van der Waals surface area contributed by atoms with Crippen molar-refractivity contribution < 1.29 is 19.1 Å². The van der Waals surface area contributed by atoms with Crippen LogP contribution in [0.15, 0.2) is 30.3 Å². The fourth-order valence-corrected chi connectivity index (χ4v) is 1.77. The van der Waals surface area contributed by atoms with E-state index in [9.17, 15) is 9.59 Å². The van der Waals surface area contributed by atoms with Crippen molar-refractivity contribution in [1.82, 2.24) is 5.32 Å². The Bertz CT molecular complexity index is 627. The molecule has 1 aromatic rings. The summed E-state index contributed by atoms with van der Waals surface area (Å²) in [5.74, 6) is -0.266. The summed E-state index contributed by atoms with van der Waals surface area (Å²) in [7, 11) is 0. The van der Waals surface area contributed by atoms with Crippen LogP contribution >= 0.6 is 0 Å². The normalized spacial score (nSPS) is 14.8. The molecule has 1 atom stereocenters. The average molecular weight is 314 g/mol. The van der Waals surface area contributed by atoms with Crippen LogP contribution in [0.3, 0.4) is 0 Å². The number of nitriles is 1. The van der Waals surface area contributed by atoms with Crippen molar-refractivity contribution in [3.63, 3.8) is 0 Å². The summed E-state index contributed by atoms with van der Waals surface area (Å²) in [6.45, 7) is 1.53. The molecule has 2 rings (SSSR count). The van der Waals surface area contributed by atoms with Crippen LogP contribution in [0, 0.1) is 11.3 Å². The van der Waals surface area contributed by atoms with E-state index >= 15 is 0 Å². The maximum absolute atomic E-state index is 11.7. The van der Waals surface area contributed by atoms with Gasteiger partial charge in [0, 0.05) is 12.1 Å². The van der Waals surface area contributed by atoms with E-state index in [1.165, 1.54) is 6.08 Å². The Hall–Kier alpha value is -2.81. The molecule has 0 aliphatic heterocycles. The highest BCUT2D eigenvalue weighted by molar-refractivity contribution is 5.90. The summed E-state index contributed by atoms with van der Waals surface area (Å²) in [6, 6.07) is 9.02. The van der Waals surface area contributed by atoms with E-state index in [0.29, 0.717) is 5.75 Å². The number of amides is 1. The number of benzene rings is 1. The fraction of sp³-hybridized carbons (Fsp3) is 0.353. The topological polar surface area (TPSA) is 88.4 Å². The van der Waals surface area contributed by atoms with Crippen LogP contribution in [-0.4, -0.2) is 30.6 Å². The number of ether oxygens (including phenoxy) is 2. The summed E-state index contributed by atoms with van der Waals surface area (Å²) in [5, 5.41) is 11.2. The highest BCUT2D eigenvalue weighted by atomic mass is 16.5. The molecule has 0 bridgehead atoms. The smallest absolute Gasteiger partial charge is 0.331 e. The van der Waals surface area contributed by atoms with Crippen LogP contribution in [0.4, 0.5) is 0 Å². The van der Waals surface area contributed by atoms with Crippen LogP contribution in [0.25, 0.3) is 6.08 Å². The van der Waals surface area contributed by atoms with Crippen molar-refractivity contribution in [2.24, 2.45) is 0 Å². The lowest BCUT2D eigenvalue weighted by molar-refractivity contribution is -0.150. The third-order valence-electron chi connectivity index (χ3n) is 3.18. The average Bonchev–Trinajstić information content (AvgIpc) is 3.35. The van der Waals surface area contributed by atoms with E-state index in [1.807, 2.05) is 6.07 Å². The maximum Gasteiger partial charge on any atom is 0.331 e. The van der Waals surface area contributed by atoms with Gasteiger partial charge in [-0.2, -0.15) is 5.26 Å². The van der Waals surface area contributed by atoms with Crippen molar-refractivity contribution in [2.75, 3.05) is 6.61 Å². The molecule has 1 aliphatic rings. The number of rotatable bonds is 7. The first-order chi connectivity index (χ1) is 11.1. The molecule has 0 spiro atoms. The van der Waals surface area contributed by atoms with Gasteiger partial charge in [0.2, 0.25) is 0 Å². The summed E-state index contributed by atoms with van der Waals surface area (Å²) in [4.78, 5) is 23.4. The summed E-state index contributed by atoms with van der Waals surface area (Å²) >= 11 is 0. The molecule has 0 aromatic heterocycles. The third kappa shape index (κ3) is 5.83. The molecule has 1 saturated carbocycles. The largest absolute Gasteiger partial charge is 0.479 e. The van der Waals surface area contributed by atoms with E-state index in [1.54, 1.807) is 37.3 Å². The Labute approximate surface area is 134 Å². The van der Waals surface area contributed by atoms with Gasteiger partial charge in [0.1, 0.15) is 11.8 Å². The van der Waals surface area contributed by atoms with Gasteiger partial charge < -0.3 is 14.8 Å². The van der Waals surface area contributed by atoms with E-state index < -0.39 is 12.1 Å². The molecule has 1 unspecified atom stereocenters. The standard InChI is InChI=1S/C17H18N2O4/c1-12(17(21)19-14-5-6-14)23-16(20)9-4-13-2-7-15(8-3-13)22-11-10-18/h2-4,7-9,12,14H,5-6,11H2,1H3,(H,19,21)/b9-4+. The molecule has 120 valence electrons. The molecule has 6 nitrogen and oxygen atoms in total. The minimum absolute atomic E-state index is 0.0116. The van der Waals surface area contributed by atoms with Crippen LogP contribution in [0.5, 0.6) is 5.75 Å². The van der Waals surface area contributed by atoms with Crippen molar-refractivity contribution >= 4 is 18.0 Å². The second kappa shape index (κ2) is 7.99. The van der Waals surface area contributed by atoms with Gasteiger partial charge in [-0.15, -0.1) is 0 Å². The molecule has 0 heterocycles. The molecule has 1 aliphatic carbocycles. The van der Waals surface area contributed by atoms with E-state index in [2.05, 4.69) is 5.32 Å². The first-order valence-electron chi connectivity index (χ1n) is 7.37. The van der Waals surface area contributed by atoms with Gasteiger partial charge in [-0.05, 0) is 43.5 Å². The first-order valence-corrected chi connectivity index (χ1v) is 7.37. The molecule has 1 aromatic carbocycles. The van der Waals surface area contributed by atoms with Gasteiger partial charge in [-0.1, -0.05) is 12.1 Å². The molecule has 1 fully saturated rings. The Morgan fingerprint density at radius 3 is 2.70 bits per heavy atom. The SMILES string of the molecule is CC(OC(=O)/C=C/c1ccc(OCC#N)cc1)C(=O)NC1CC1. The molecule has 0 radical (unpaired) electrons. The van der Waals surface area contributed by atoms with Crippen LogP contribution in [0.1, 0.15) is 25.3 Å². The lowest BCUT2D eigenvalue weighted by Gasteiger charge is -2.11. The summed E-state index contributed by atoms with van der Waals surface area (Å²) in [6.07, 6.45) is 4.02. The molecule has 23 heavy (non-hydrogen) atoms. The highest BCUT2D eigenvalue weighted by Crippen LogP contribution is 2.18. The predicted octanol–water partition coefficient (Wildman–Crippen LogP) is 1.81. The Kier molecular flexibility index (Phi) is 5.75. The van der Waals surface area contributed by atoms with Gasteiger partial charge in [0.25, 0.3) is 5.91 Å². The number of nitrogens with zero attached hydrogens (tertiary/aromatic N) is 1. The second-order valence-electron chi connectivity index (χ2n) is 5.21. The van der Waals surface area contributed by atoms with Gasteiger partial charge in [-0.25, -0.2) is 4.79 Å². The molecule has 0 saturated heterocycles. The van der Waals surface area contributed by atoms with E-state index in [0.717, 1.165) is 18.4 Å². The number of carbonyl (C=O) groups excluding carboxylic acids is 2. The van der Waals surface area contributed by atoms with Crippen molar-refractivity contribution in [3.05, 3.63) is 35.9 Å². The highest BCUT2D eigenvalue weighted by Gasteiger charge is 2.26. The number of hydrogen-bond donors (Lipinski definition) is 1. The Balaban J connectivity index is 1.80. The lowest BCUT2D eigenvalue weighted by atomic mass is 10.2. The maximum atomic E-state index is 11.7. The van der Waals surface area contributed by atoms with Crippen LogP contribution < -0.4 is 10.1 Å². The third-order valence-corrected chi connectivity index (χ3v) is 3.18. The quantitative estimate of drug-likeness (QED) is 0.612. The van der Waals surface area contributed by atoms with Crippen LogP contribution in [-0.2, 0) is 14.3 Å². The minimum atomic E-state index is -0.811. The lowest BCUT2D eigenvalue weighted by Crippen LogP contribution is -2.36. The summed E-state index contributed by atoms with van der Waals surface area (Å²) in [5.41, 5.74) is 0.779. The zero-order valence-electron chi connectivity index (χ0n) is 12.8. The molecule has 1 amide bonds. The Morgan fingerprint density at radius 1 is 1.39 bits per heavy atom. The van der Waals surface area contributed by atoms with Crippen molar-refractivity contribution in [1.29, 1.82) is 5.26 Å². The van der Waals surface area contributed by atoms with Crippen molar-refractivity contribution in [3.8, 4) is 11.8 Å². The van der Waals surface area contributed by atoms with Gasteiger partial charge >= 0.3 is 5.97 Å². The summed E-state index contributed by atoms with van der Waals surface area (Å²) < 4.78 is 10.2. The zero-order valence-corrected chi connectivity index (χ0v) is 12.8. The zero-order chi connectivity index (χ0) is 16.7. The van der Waals surface area contributed by atoms with Crippen molar-refractivity contribution in [2.45, 2.75) is 31.9 Å². The number of hydrogen-bond acceptors (Lipinski definition) is 5. The van der Waals surface area contributed by atoms with E-state index in [4.69, 9.17) is 14.7 Å². The minimum Gasteiger partial charge on any atom is -0.479 e. The molecule has 1 N–H and O–H groups in total. The van der Waals surface area contributed by atoms with Gasteiger partial charge in [0.15, 0.2) is 12.7 Å². The molecular weight excluding hydrogens is 296 g/mol. The van der Waals surface area contributed by atoms with Crippen LogP contribution in [0.2, 0.25) is 0 Å². The monoisotopic (exact) mass is 314 g/mol.